The number of likely N-dealkylation sites (N-methyl/N-ethyl adjacent to an activating group) is 1. The van der Waals surface area contributed by atoms with Crippen LogP contribution in [0.4, 0.5) is 5.69 Å². The average molecular weight is 384 g/mol. The summed E-state index contributed by atoms with van der Waals surface area (Å²) >= 11 is 0. The van der Waals surface area contributed by atoms with Crippen LogP contribution in [-0.2, 0) is 16.1 Å². The Hall–Kier alpha value is -1.88. The fourth-order valence-electron chi connectivity index (χ4n) is 5.11. The molecular weight excluding hydrogens is 350 g/mol. The zero-order valence-corrected chi connectivity index (χ0v) is 17.0. The van der Waals surface area contributed by atoms with Gasteiger partial charge in [0.1, 0.15) is 0 Å². The van der Waals surface area contributed by atoms with Gasteiger partial charge in [-0.15, -0.1) is 0 Å². The standard InChI is InChI=1S/C23H33N3O2/c1-25-14-15-26(21-9-5-4-8-19(21)16-25)23(28)18-10-12-20(13-11-18)24-22(27)17-6-2-3-7-17/h4-5,8-9,17-18,20H,2-3,6-7,10-16H2,1H3,(H,24,27). The second-order valence-electron chi connectivity index (χ2n) is 8.89. The van der Waals surface area contributed by atoms with E-state index in [2.05, 4.69) is 35.5 Å². The summed E-state index contributed by atoms with van der Waals surface area (Å²) in [4.78, 5) is 30.0. The maximum Gasteiger partial charge on any atom is 0.230 e. The third-order valence-electron chi connectivity index (χ3n) is 6.84. The van der Waals surface area contributed by atoms with Gasteiger partial charge in [0.2, 0.25) is 11.8 Å². The monoisotopic (exact) mass is 383 g/mol. The predicted octanol–water partition coefficient (Wildman–Crippen LogP) is 3.33. The molecule has 1 aliphatic heterocycles. The van der Waals surface area contributed by atoms with Gasteiger partial charge >= 0.3 is 0 Å². The van der Waals surface area contributed by atoms with Gasteiger partial charge in [0, 0.05) is 43.2 Å². The molecule has 2 fully saturated rings. The Labute approximate surface area is 168 Å². The summed E-state index contributed by atoms with van der Waals surface area (Å²) in [5, 5.41) is 3.26. The van der Waals surface area contributed by atoms with E-state index < -0.39 is 0 Å². The van der Waals surface area contributed by atoms with Crippen molar-refractivity contribution in [3.63, 3.8) is 0 Å². The van der Waals surface area contributed by atoms with Crippen LogP contribution in [0.2, 0.25) is 0 Å². The third-order valence-corrected chi connectivity index (χ3v) is 6.84. The van der Waals surface area contributed by atoms with Crippen molar-refractivity contribution in [1.29, 1.82) is 0 Å². The Balaban J connectivity index is 1.35. The highest BCUT2D eigenvalue weighted by molar-refractivity contribution is 5.96. The van der Waals surface area contributed by atoms with E-state index in [1.54, 1.807) is 0 Å². The van der Waals surface area contributed by atoms with Crippen LogP contribution in [0.3, 0.4) is 0 Å². The summed E-state index contributed by atoms with van der Waals surface area (Å²) in [6.45, 7) is 2.54. The molecule has 2 amide bonds. The second kappa shape index (κ2) is 8.64. The SMILES string of the molecule is CN1CCN(C(=O)C2CCC(NC(=O)C3CCCC3)CC2)c2ccccc2C1. The maximum atomic E-state index is 13.3. The smallest absolute Gasteiger partial charge is 0.230 e. The van der Waals surface area contributed by atoms with Gasteiger partial charge in [0.05, 0.1) is 0 Å². The fraction of sp³-hybridized carbons (Fsp3) is 0.652. The summed E-state index contributed by atoms with van der Waals surface area (Å²) in [7, 11) is 2.11. The number of carbonyl (C=O) groups excluding carboxylic acids is 2. The third kappa shape index (κ3) is 4.24. The zero-order chi connectivity index (χ0) is 19.5. The van der Waals surface area contributed by atoms with E-state index in [1.807, 2.05) is 11.0 Å². The number of nitrogens with zero attached hydrogens (tertiary/aromatic N) is 2. The van der Waals surface area contributed by atoms with E-state index in [-0.39, 0.29) is 29.7 Å². The van der Waals surface area contributed by atoms with Crippen molar-refractivity contribution in [3.05, 3.63) is 29.8 Å². The molecule has 2 aliphatic carbocycles. The number of fused-ring (bicyclic) bond motifs is 1. The molecule has 0 spiro atoms. The first-order valence-corrected chi connectivity index (χ1v) is 11.0. The number of para-hydroxylation sites is 1. The van der Waals surface area contributed by atoms with Crippen molar-refractivity contribution < 1.29 is 9.59 Å². The molecule has 1 N–H and O–H groups in total. The Morgan fingerprint density at radius 3 is 2.39 bits per heavy atom. The van der Waals surface area contributed by atoms with Crippen LogP contribution in [0.25, 0.3) is 0 Å². The molecule has 5 nitrogen and oxygen atoms in total. The summed E-state index contributed by atoms with van der Waals surface area (Å²) in [5.74, 6) is 0.820. The minimum absolute atomic E-state index is 0.0797. The highest BCUT2D eigenvalue weighted by atomic mass is 16.2. The van der Waals surface area contributed by atoms with Gasteiger partial charge in [-0.2, -0.15) is 0 Å². The van der Waals surface area contributed by atoms with E-state index in [1.165, 1.54) is 18.4 Å². The highest BCUT2D eigenvalue weighted by Crippen LogP contribution is 2.32. The van der Waals surface area contributed by atoms with Crippen LogP contribution in [0, 0.1) is 11.8 Å². The lowest BCUT2D eigenvalue weighted by Crippen LogP contribution is -2.44. The zero-order valence-electron chi connectivity index (χ0n) is 17.0. The molecule has 1 heterocycles. The van der Waals surface area contributed by atoms with Crippen molar-refractivity contribution >= 4 is 17.5 Å². The first kappa shape index (κ1) is 19.4. The Kier molecular flexibility index (Phi) is 6.00. The summed E-state index contributed by atoms with van der Waals surface area (Å²) < 4.78 is 0. The molecule has 0 unspecified atom stereocenters. The van der Waals surface area contributed by atoms with Crippen molar-refractivity contribution in [1.82, 2.24) is 10.2 Å². The summed E-state index contributed by atoms with van der Waals surface area (Å²) in [6.07, 6.45) is 8.06. The molecule has 4 rings (SSSR count). The summed E-state index contributed by atoms with van der Waals surface area (Å²) in [5.41, 5.74) is 2.31. The van der Waals surface area contributed by atoms with Gasteiger partial charge in [-0.05, 0) is 57.2 Å². The second-order valence-corrected chi connectivity index (χ2v) is 8.89. The number of anilines is 1. The van der Waals surface area contributed by atoms with E-state index in [0.29, 0.717) is 0 Å². The number of rotatable bonds is 3. The first-order valence-electron chi connectivity index (χ1n) is 11.0. The van der Waals surface area contributed by atoms with Crippen molar-refractivity contribution in [2.45, 2.75) is 64.0 Å². The highest BCUT2D eigenvalue weighted by Gasteiger charge is 2.33. The van der Waals surface area contributed by atoms with Gasteiger partial charge < -0.3 is 15.1 Å². The van der Waals surface area contributed by atoms with Gasteiger partial charge in [-0.3, -0.25) is 9.59 Å². The fourth-order valence-corrected chi connectivity index (χ4v) is 5.11. The van der Waals surface area contributed by atoms with Crippen LogP contribution in [0.15, 0.2) is 24.3 Å². The number of amides is 2. The summed E-state index contributed by atoms with van der Waals surface area (Å²) in [6, 6.07) is 8.55. The topological polar surface area (TPSA) is 52.6 Å². The largest absolute Gasteiger partial charge is 0.353 e. The number of benzene rings is 1. The average Bonchev–Trinajstić information content (AvgIpc) is 3.19. The van der Waals surface area contributed by atoms with Gasteiger partial charge in [0.15, 0.2) is 0 Å². The first-order chi connectivity index (χ1) is 13.6. The molecule has 3 aliphatic rings. The van der Waals surface area contributed by atoms with E-state index in [0.717, 1.165) is 63.8 Å². The van der Waals surface area contributed by atoms with Crippen molar-refractivity contribution in [2.24, 2.45) is 11.8 Å². The normalized spacial score (nSPS) is 26.5. The molecule has 0 radical (unpaired) electrons. The molecule has 1 aromatic rings. The number of nitrogens with one attached hydrogen (secondary N) is 1. The number of hydrogen-bond donors (Lipinski definition) is 1. The lowest BCUT2D eigenvalue weighted by Gasteiger charge is -2.33. The molecule has 5 heteroatoms. The molecular formula is C23H33N3O2. The van der Waals surface area contributed by atoms with Crippen molar-refractivity contribution in [2.75, 3.05) is 25.0 Å². The Morgan fingerprint density at radius 1 is 0.929 bits per heavy atom. The van der Waals surface area contributed by atoms with Crippen LogP contribution in [0.1, 0.15) is 56.9 Å². The van der Waals surface area contributed by atoms with E-state index >= 15 is 0 Å². The molecule has 152 valence electrons. The van der Waals surface area contributed by atoms with E-state index in [9.17, 15) is 9.59 Å². The predicted molar refractivity (Wildman–Crippen MR) is 111 cm³/mol. The minimum atomic E-state index is 0.0797. The Morgan fingerprint density at radius 2 is 1.64 bits per heavy atom. The molecule has 2 saturated carbocycles. The van der Waals surface area contributed by atoms with Gasteiger partial charge in [-0.1, -0.05) is 31.0 Å². The number of carbonyl (C=O) groups is 2. The lowest BCUT2D eigenvalue weighted by atomic mass is 9.84. The lowest BCUT2D eigenvalue weighted by molar-refractivity contribution is -0.126. The molecule has 0 saturated heterocycles. The number of hydrogen-bond acceptors (Lipinski definition) is 3. The Bertz CT molecular complexity index is 706. The van der Waals surface area contributed by atoms with Crippen LogP contribution in [0.5, 0.6) is 0 Å². The van der Waals surface area contributed by atoms with Crippen LogP contribution >= 0.6 is 0 Å². The van der Waals surface area contributed by atoms with Gasteiger partial charge in [-0.25, -0.2) is 0 Å². The van der Waals surface area contributed by atoms with E-state index in [4.69, 9.17) is 0 Å². The quantitative estimate of drug-likeness (QED) is 0.871. The van der Waals surface area contributed by atoms with Crippen molar-refractivity contribution in [3.8, 4) is 0 Å². The molecule has 0 aromatic heterocycles. The molecule has 0 atom stereocenters. The molecule has 1 aromatic carbocycles. The van der Waals surface area contributed by atoms with Crippen LogP contribution in [-0.4, -0.2) is 42.9 Å². The molecule has 0 bridgehead atoms. The minimum Gasteiger partial charge on any atom is -0.353 e. The van der Waals surface area contributed by atoms with Crippen LogP contribution < -0.4 is 10.2 Å². The molecule has 28 heavy (non-hydrogen) atoms. The maximum absolute atomic E-state index is 13.3. The van der Waals surface area contributed by atoms with Gasteiger partial charge in [0.25, 0.3) is 0 Å².